The summed E-state index contributed by atoms with van der Waals surface area (Å²) < 4.78 is 17.9. The van der Waals surface area contributed by atoms with Crippen LogP contribution >= 0.6 is 0 Å². The molecule has 0 bridgehead atoms. The Morgan fingerprint density at radius 1 is 1.63 bits per heavy atom. The number of anilines is 1. The van der Waals surface area contributed by atoms with Gasteiger partial charge in [0.1, 0.15) is 0 Å². The van der Waals surface area contributed by atoms with Gasteiger partial charge in [-0.2, -0.15) is 4.39 Å². The maximum Gasteiger partial charge on any atom is 0.306 e. The molecule has 0 saturated heterocycles. The molecular formula is C11H14FN3O4. The van der Waals surface area contributed by atoms with E-state index in [2.05, 4.69) is 5.32 Å². The van der Waals surface area contributed by atoms with Crippen LogP contribution in [0.5, 0.6) is 0 Å². The summed E-state index contributed by atoms with van der Waals surface area (Å²) in [5.74, 6) is -1.48. The molecule has 104 valence electrons. The van der Waals surface area contributed by atoms with Gasteiger partial charge in [-0.3, -0.25) is 14.9 Å². The lowest BCUT2D eigenvalue weighted by Gasteiger charge is -2.11. The second-order valence-corrected chi connectivity index (χ2v) is 3.80. The van der Waals surface area contributed by atoms with Gasteiger partial charge < -0.3 is 15.8 Å². The Morgan fingerprint density at radius 2 is 2.32 bits per heavy atom. The van der Waals surface area contributed by atoms with Crippen LogP contribution in [0.4, 0.5) is 15.8 Å². The lowest BCUT2D eigenvalue weighted by molar-refractivity contribution is -0.387. The third kappa shape index (κ3) is 4.27. The minimum atomic E-state index is -0.966. The number of nitrogens with one attached hydrogen (secondary N) is 1. The fourth-order valence-corrected chi connectivity index (χ4v) is 1.34. The van der Waals surface area contributed by atoms with E-state index in [1.165, 1.54) is 13.2 Å². The number of nitro benzene ring substituents is 1. The molecule has 1 aromatic rings. The van der Waals surface area contributed by atoms with E-state index in [1.807, 2.05) is 0 Å². The molecule has 1 rings (SSSR count). The molecule has 1 aromatic carbocycles. The van der Waals surface area contributed by atoms with Gasteiger partial charge in [0.25, 0.3) is 0 Å². The molecule has 1 amide bonds. The quantitative estimate of drug-likeness (QED) is 0.593. The van der Waals surface area contributed by atoms with Crippen molar-refractivity contribution in [3.8, 4) is 0 Å². The minimum Gasteiger partial charge on any atom is -0.385 e. The molecular weight excluding hydrogens is 257 g/mol. The SMILES string of the molecule is COCCC(N)C(=O)Nc1ccc(F)c([N+](=O)[O-])c1. The van der Waals surface area contributed by atoms with Crippen molar-refractivity contribution in [2.24, 2.45) is 5.73 Å². The number of amides is 1. The maximum absolute atomic E-state index is 13.1. The Morgan fingerprint density at radius 3 is 2.89 bits per heavy atom. The van der Waals surface area contributed by atoms with Crippen LogP contribution in [0.2, 0.25) is 0 Å². The highest BCUT2D eigenvalue weighted by Gasteiger charge is 2.17. The van der Waals surface area contributed by atoms with Crippen molar-refractivity contribution in [1.82, 2.24) is 0 Å². The highest BCUT2D eigenvalue weighted by atomic mass is 19.1. The number of hydrogen-bond acceptors (Lipinski definition) is 5. The molecule has 0 fully saturated rings. The molecule has 0 aromatic heterocycles. The van der Waals surface area contributed by atoms with E-state index < -0.39 is 28.4 Å². The van der Waals surface area contributed by atoms with E-state index in [0.717, 1.165) is 12.1 Å². The van der Waals surface area contributed by atoms with Crippen molar-refractivity contribution < 1.29 is 18.8 Å². The van der Waals surface area contributed by atoms with Crippen LogP contribution in [0.15, 0.2) is 18.2 Å². The van der Waals surface area contributed by atoms with Crippen molar-refractivity contribution in [1.29, 1.82) is 0 Å². The number of carbonyl (C=O) groups is 1. The van der Waals surface area contributed by atoms with Crippen molar-refractivity contribution in [2.75, 3.05) is 19.0 Å². The Kier molecular flexibility index (Phi) is 5.34. The molecule has 0 aliphatic rings. The first-order chi connectivity index (χ1) is 8.95. The number of benzene rings is 1. The fourth-order valence-electron chi connectivity index (χ4n) is 1.34. The normalized spacial score (nSPS) is 11.9. The second-order valence-electron chi connectivity index (χ2n) is 3.80. The largest absolute Gasteiger partial charge is 0.385 e. The molecule has 8 heteroatoms. The molecule has 0 saturated carbocycles. The summed E-state index contributed by atoms with van der Waals surface area (Å²) in [5.41, 5.74) is 4.99. The Labute approximate surface area is 108 Å². The van der Waals surface area contributed by atoms with Crippen LogP contribution in [0.3, 0.4) is 0 Å². The van der Waals surface area contributed by atoms with Gasteiger partial charge in [-0.1, -0.05) is 0 Å². The van der Waals surface area contributed by atoms with Gasteiger partial charge in [0.15, 0.2) is 0 Å². The van der Waals surface area contributed by atoms with E-state index in [4.69, 9.17) is 10.5 Å². The number of halogens is 1. The minimum absolute atomic E-state index is 0.117. The Balaban J connectivity index is 2.74. The number of hydrogen-bond donors (Lipinski definition) is 2. The molecule has 0 spiro atoms. The molecule has 1 unspecified atom stereocenters. The maximum atomic E-state index is 13.1. The standard InChI is InChI=1S/C11H14FN3O4/c1-19-5-4-9(13)11(16)14-7-2-3-8(12)10(6-7)15(17)18/h2-3,6,9H,4-5,13H2,1H3,(H,14,16). The number of rotatable bonds is 6. The summed E-state index contributed by atoms with van der Waals surface area (Å²) in [4.78, 5) is 21.3. The van der Waals surface area contributed by atoms with E-state index in [1.54, 1.807) is 0 Å². The smallest absolute Gasteiger partial charge is 0.306 e. The number of nitrogens with two attached hydrogens (primary N) is 1. The molecule has 0 heterocycles. The number of nitro groups is 1. The monoisotopic (exact) mass is 271 g/mol. The number of carbonyl (C=O) groups excluding carboxylic acids is 1. The van der Waals surface area contributed by atoms with Crippen LogP contribution in [0.25, 0.3) is 0 Å². The van der Waals surface area contributed by atoms with Gasteiger partial charge in [0, 0.05) is 25.5 Å². The first kappa shape index (κ1) is 15.0. The zero-order valence-electron chi connectivity index (χ0n) is 10.3. The van der Waals surface area contributed by atoms with Crippen molar-refractivity contribution in [3.05, 3.63) is 34.1 Å². The zero-order chi connectivity index (χ0) is 14.4. The van der Waals surface area contributed by atoms with E-state index in [0.29, 0.717) is 13.0 Å². The number of ether oxygens (including phenoxy) is 1. The van der Waals surface area contributed by atoms with Crippen LogP contribution < -0.4 is 11.1 Å². The summed E-state index contributed by atoms with van der Waals surface area (Å²) in [6, 6.07) is 2.28. The van der Waals surface area contributed by atoms with Gasteiger partial charge >= 0.3 is 5.69 Å². The molecule has 7 nitrogen and oxygen atoms in total. The second kappa shape index (κ2) is 6.76. The number of nitrogens with zero attached hydrogens (tertiary/aromatic N) is 1. The van der Waals surface area contributed by atoms with Gasteiger partial charge in [-0.15, -0.1) is 0 Å². The first-order valence-corrected chi connectivity index (χ1v) is 5.45. The summed E-state index contributed by atoms with van der Waals surface area (Å²) in [6.45, 7) is 0.318. The highest BCUT2D eigenvalue weighted by molar-refractivity contribution is 5.94. The molecule has 19 heavy (non-hydrogen) atoms. The Bertz CT molecular complexity index is 481. The third-order valence-electron chi connectivity index (χ3n) is 2.38. The summed E-state index contributed by atoms with van der Waals surface area (Å²) in [5, 5.41) is 12.9. The van der Waals surface area contributed by atoms with E-state index in [9.17, 15) is 19.3 Å². The van der Waals surface area contributed by atoms with E-state index in [-0.39, 0.29) is 5.69 Å². The van der Waals surface area contributed by atoms with Gasteiger partial charge in [0.2, 0.25) is 11.7 Å². The summed E-state index contributed by atoms with van der Waals surface area (Å²) in [6.07, 6.45) is 0.311. The van der Waals surface area contributed by atoms with Gasteiger partial charge in [-0.25, -0.2) is 0 Å². The lowest BCUT2D eigenvalue weighted by atomic mass is 10.2. The van der Waals surface area contributed by atoms with Crippen molar-refractivity contribution in [3.63, 3.8) is 0 Å². The summed E-state index contributed by atoms with van der Waals surface area (Å²) in [7, 11) is 1.48. The molecule has 1 atom stereocenters. The van der Waals surface area contributed by atoms with Gasteiger partial charge in [-0.05, 0) is 18.6 Å². The van der Waals surface area contributed by atoms with Crippen LogP contribution in [0, 0.1) is 15.9 Å². The van der Waals surface area contributed by atoms with Crippen molar-refractivity contribution >= 4 is 17.3 Å². The average Bonchev–Trinajstić information content (AvgIpc) is 2.37. The fraction of sp³-hybridized carbons (Fsp3) is 0.364. The predicted molar refractivity (Wildman–Crippen MR) is 66.2 cm³/mol. The van der Waals surface area contributed by atoms with Crippen LogP contribution in [-0.2, 0) is 9.53 Å². The van der Waals surface area contributed by atoms with Crippen LogP contribution in [-0.4, -0.2) is 30.6 Å². The van der Waals surface area contributed by atoms with E-state index >= 15 is 0 Å². The predicted octanol–water partition coefficient (Wildman–Crippen LogP) is 1.04. The topological polar surface area (TPSA) is 107 Å². The molecule has 0 aliphatic carbocycles. The third-order valence-corrected chi connectivity index (χ3v) is 2.38. The zero-order valence-corrected chi connectivity index (χ0v) is 10.3. The molecule has 3 N–H and O–H groups in total. The highest BCUT2D eigenvalue weighted by Crippen LogP contribution is 2.21. The first-order valence-electron chi connectivity index (χ1n) is 5.45. The molecule has 0 radical (unpaired) electrons. The Hall–Kier alpha value is -2.06. The van der Waals surface area contributed by atoms with Crippen molar-refractivity contribution in [2.45, 2.75) is 12.5 Å². The van der Waals surface area contributed by atoms with Gasteiger partial charge in [0.05, 0.1) is 11.0 Å². The number of methoxy groups -OCH3 is 1. The lowest BCUT2D eigenvalue weighted by Crippen LogP contribution is -2.36. The summed E-state index contributed by atoms with van der Waals surface area (Å²) >= 11 is 0. The van der Waals surface area contributed by atoms with Crippen LogP contribution in [0.1, 0.15) is 6.42 Å². The molecule has 0 aliphatic heterocycles. The average molecular weight is 271 g/mol.